The summed E-state index contributed by atoms with van der Waals surface area (Å²) in [5.41, 5.74) is 1.08. The van der Waals surface area contributed by atoms with Crippen molar-refractivity contribution in [3.8, 4) is 23.5 Å². The maximum atomic E-state index is 12.4. The molecule has 0 bridgehead atoms. The molecule has 0 radical (unpaired) electrons. The first-order chi connectivity index (χ1) is 13.7. The lowest BCUT2D eigenvalue weighted by Gasteiger charge is -2.10. The SMILES string of the molecule is COc1cc(OC)nc(OOc2ccccc2C(=O)OCc2ccccc2)n1. The van der Waals surface area contributed by atoms with E-state index in [0.29, 0.717) is 0 Å². The van der Waals surface area contributed by atoms with Crippen LogP contribution in [0.25, 0.3) is 0 Å². The molecule has 144 valence electrons. The molecular formula is C20H18N2O6. The van der Waals surface area contributed by atoms with Gasteiger partial charge in [-0.05, 0) is 17.7 Å². The lowest BCUT2D eigenvalue weighted by molar-refractivity contribution is -0.110. The van der Waals surface area contributed by atoms with Crippen LogP contribution >= 0.6 is 0 Å². The Balaban J connectivity index is 1.69. The van der Waals surface area contributed by atoms with E-state index in [-0.39, 0.29) is 35.7 Å². The van der Waals surface area contributed by atoms with Crippen LogP contribution in [-0.4, -0.2) is 30.2 Å². The topological polar surface area (TPSA) is 89.0 Å². The molecule has 0 N–H and O–H groups in total. The quantitative estimate of drug-likeness (QED) is 0.333. The van der Waals surface area contributed by atoms with Gasteiger partial charge in [-0.25, -0.2) is 9.68 Å². The molecule has 1 heterocycles. The largest absolute Gasteiger partial charge is 0.481 e. The van der Waals surface area contributed by atoms with Gasteiger partial charge in [0, 0.05) is 0 Å². The highest BCUT2D eigenvalue weighted by Crippen LogP contribution is 2.23. The van der Waals surface area contributed by atoms with Crippen molar-refractivity contribution in [2.45, 2.75) is 6.61 Å². The molecule has 0 saturated heterocycles. The fourth-order valence-electron chi connectivity index (χ4n) is 2.22. The minimum absolute atomic E-state index is 0.136. The van der Waals surface area contributed by atoms with Gasteiger partial charge in [-0.1, -0.05) is 42.5 Å². The van der Waals surface area contributed by atoms with Gasteiger partial charge in [0.05, 0.1) is 20.3 Å². The van der Waals surface area contributed by atoms with Crippen LogP contribution in [0.4, 0.5) is 0 Å². The van der Waals surface area contributed by atoms with E-state index in [1.54, 1.807) is 24.3 Å². The Hall–Kier alpha value is -3.81. The molecule has 0 saturated carbocycles. The van der Waals surface area contributed by atoms with Crippen molar-refractivity contribution in [2.75, 3.05) is 14.2 Å². The van der Waals surface area contributed by atoms with Crippen LogP contribution < -0.4 is 19.2 Å². The van der Waals surface area contributed by atoms with Gasteiger partial charge in [-0.3, -0.25) is 4.89 Å². The first-order valence-corrected chi connectivity index (χ1v) is 8.31. The van der Waals surface area contributed by atoms with E-state index >= 15 is 0 Å². The Morgan fingerprint density at radius 3 is 2.18 bits per heavy atom. The van der Waals surface area contributed by atoms with E-state index < -0.39 is 5.97 Å². The molecule has 3 aromatic rings. The van der Waals surface area contributed by atoms with Crippen molar-refractivity contribution >= 4 is 5.97 Å². The highest BCUT2D eigenvalue weighted by molar-refractivity contribution is 5.92. The number of esters is 1. The molecule has 3 rings (SSSR count). The van der Waals surface area contributed by atoms with Gasteiger partial charge in [-0.15, -0.1) is 0 Å². The zero-order valence-corrected chi connectivity index (χ0v) is 15.3. The normalized spacial score (nSPS) is 10.1. The molecule has 0 unspecified atom stereocenters. The average molecular weight is 382 g/mol. The molecule has 0 spiro atoms. The second-order valence-corrected chi connectivity index (χ2v) is 5.46. The number of aromatic nitrogens is 2. The number of benzene rings is 2. The number of rotatable bonds is 8. The summed E-state index contributed by atoms with van der Waals surface area (Å²) in [7, 11) is 2.90. The monoisotopic (exact) mass is 382 g/mol. The molecular weight excluding hydrogens is 364 g/mol. The van der Waals surface area contributed by atoms with E-state index in [1.165, 1.54) is 20.3 Å². The number of hydrogen-bond donors (Lipinski definition) is 0. The molecule has 0 aliphatic carbocycles. The Morgan fingerprint density at radius 2 is 1.50 bits per heavy atom. The third-order valence-corrected chi connectivity index (χ3v) is 3.60. The van der Waals surface area contributed by atoms with Gasteiger partial charge in [0.25, 0.3) is 0 Å². The molecule has 8 nitrogen and oxygen atoms in total. The highest BCUT2D eigenvalue weighted by Gasteiger charge is 2.16. The molecule has 1 aromatic heterocycles. The number of methoxy groups -OCH3 is 2. The van der Waals surface area contributed by atoms with Gasteiger partial charge >= 0.3 is 12.0 Å². The number of carbonyl (C=O) groups excluding carboxylic acids is 1. The fraction of sp³-hybridized carbons (Fsp3) is 0.150. The third-order valence-electron chi connectivity index (χ3n) is 3.60. The number of para-hydroxylation sites is 1. The average Bonchev–Trinajstić information content (AvgIpc) is 2.76. The van der Waals surface area contributed by atoms with E-state index in [9.17, 15) is 4.79 Å². The minimum atomic E-state index is -0.549. The second-order valence-electron chi connectivity index (χ2n) is 5.46. The third kappa shape index (κ3) is 4.88. The predicted octanol–water partition coefficient (Wildman–Crippen LogP) is 3.22. The van der Waals surface area contributed by atoms with Crippen LogP contribution in [0.3, 0.4) is 0 Å². The zero-order chi connectivity index (χ0) is 19.8. The summed E-state index contributed by atoms with van der Waals surface area (Å²) in [4.78, 5) is 30.8. The van der Waals surface area contributed by atoms with E-state index in [1.807, 2.05) is 30.3 Å². The molecule has 0 aliphatic heterocycles. The van der Waals surface area contributed by atoms with Gasteiger partial charge in [0.1, 0.15) is 12.2 Å². The Kier molecular flexibility index (Phi) is 6.25. The van der Waals surface area contributed by atoms with Gasteiger partial charge in [0.2, 0.25) is 11.8 Å². The van der Waals surface area contributed by atoms with Gasteiger partial charge < -0.3 is 14.2 Å². The van der Waals surface area contributed by atoms with Crippen molar-refractivity contribution in [3.63, 3.8) is 0 Å². The van der Waals surface area contributed by atoms with Crippen molar-refractivity contribution in [1.82, 2.24) is 9.97 Å². The zero-order valence-electron chi connectivity index (χ0n) is 15.3. The highest BCUT2D eigenvalue weighted by atomic mass is 17.2. The van der Waals surface area contributed by atoms with Crippen molar-refractivity contribution < 1.29 is 28.8 Å². The number of nitrogens with zero attached hydrogens (tertiary/aromatic N) is 2. The smallest absolute Gasteiger partial charge is 0.373 e. The van der Waals surface area contributed by atoms with Gasteiger partial charge in [-0.2, -0.15) is 9.97 Å². The molecule has 0 aliphatic rings. The molecule has 28 heavy (non-hydrogen) atoms. The van der Waals surface area contributed by atoms with Crippen molar-refractivity contribution in [2.24, 2.45) is 0 Å². The maximum absolute atomic E-state index is 12.4. The molecule has 0 atom stereocenters. The summed E-state index contributed by atoms with van der Waals surface area (Å²) in [6.45, 7) is 0.144. The number of hydrogen-bond acceptors (Lipinski definition) is 8. The van der Waals surface area contributed by atoms with Crippen LogP contribution in [0.1, 0.15) is 15.9 Å². The van der Waals surface area contributed by atoms with Crippen molar-refractivity contribution in [3.05, 3.63) is 71.8 Å². The van der Waals surface area contributed by atoms with Crippen LogP contribution in [0.15, 0.2) is 60.7 Å². The molecule has 8 heteroatoms. The fourth-order valence-corrected chi connectivity index (χ4v) is 2.22. The van der Waals surface area contributed by atoms with E-state index in [2.05, 4.69) is 9.97 Å². The molecule has 0 fully saturated rings. The van der Waals surface area contributed by atoms with Crippen LogP contribution in [0.2, 0.25) is 0 Å². The first-order valence-electron chi connectivity index (χ1n) is 8.31. The second kappa shape index (κ2) is 9.22. The predicted molar refractivity (Wildman–Crippen MR) is 98.4 cm³/mol. The Morgan fingerprint density at radius 1 is 0.857 bits per heavy atom. The van der Waals surface area contributed by atoms with E-state index in [4.69, 9.17) is 24.0 Å². The first kappa shape index (κ1) is 19.0. The number of carbonyl (C=O) groups is 1. The van der Waals surface area contributed by atoms with Crippen LogP contribution in [0, 0.1) is 0 Å². The summed E-state index contributed by atoms with van der Waals surface area (Å²) >= 11 is 0. The van der Waals surface area contributed by atoms with E-state index in [0.717, 1.165) is 5.56 Å². The molecule has 2 aromatic carbocycles. The maximum Gasteiger partial charge on any atom is 0.373 e. The Bertz CT molecular complexity index is 911. The van der Waals surface area contributed by atoms with Gasteiger partial charge in [0.15, 0.2) is 5.75 Å². The van der Waals surface area contributed by atoms with Crippen LogP contribution in [-0.2, 0) is 11.3 Å². The number of ether oxygens (including phenoxy) is 3. The summed E-state index contributed by atoms with van der Waals surface area (Å²) in [5, 5.41) is 0. The molecule has 0 amide bonds. The Labute approximate surface area is 161 Å². The van der Waals surface area contributed by atoms with Crippen molar-refractivity contribution in [1.29, 1.82) is 0 Å². The lowest BCUT2D eigenvalue weighted by atomic mass is 10.2. The summed E-state index contributed by atoms with van der Waals surface area (Å²) in [6.07, 6.45) is 0. The summed E-state index contributed by atoms with van der Waals surface area (Å²) in [5.74, 6) is 0.0835. The summed E-state index contributed by atoms with van der Waals surface area (Å²) in [6, 6.07) is 17.2. The summed E-state index contributed by atoms with van der Waals surface area (Å²) < 4.78 is 15.4. The standard InChI is InChI=1S/C20H18N2O6/c1-24-17-12-18(25-2)22-20(21-17)28-27-16-11-7-6-10-15(16)19(23)26-13-14-8-4-3-5-9-14/h3-12H,13H2,1-2H3. The lowest BCUT2D eigenvalue weighted by Crippen LogP contribution is -2.11. The van der Waals surface area contributed by atoms with Crippen LogP contribution in [0.5, 0.6) is 23.5 Å². The minimum Gasteiger partial charge on any atom is -0.481 e.